The Kier molecular flexibility index (Phi) is 5.48. The van der Waals surface area contributed by atoms with Crippen LogP contribution in [0.3, 0.4) is 0 Å². The molecule has 1 saturated heterocycles. The van der Waals surface area contributed by atoms with Crippen LogP contribution in [-0.4, -0.2) is 36.5 Å². The van der Waals surface area contributed by atoms with E-state index in [2.05, 4.69) is 17.1 Å². The summed E-state index contributed by atoms with van der Waals surface area (Å²) in [7, 11) is 0. The first-order valence-electron chi connectivity index (χ1n) is 7.83. The lowest BCUT2D eigenvalue weighted by molar-refractivity contribution is -0.136. The zero-order chi connectivity index (χ0) is 12.8. The molecule has 1 saturated carbocycles. The van der Waals surface area contributed by atoms with Gasteiger partial charge in [0, 0.05) is 25.0 Å². The number of nitrogens with zero attached hydrogens (tertiary/aromatic N) is 1. The molecule has 2 aliphatic rings. The third kappa shape index (κ3) is 3.71. The van der Waals surface area contributed by atoms with Gasteiger partial charge in [-0.2, -0.15) is 0 Å². The SMILES string of the molecule is CCN(CC1CCCN1)C(=O)C1CCCCCC1. The summed E-state index contributed by atoms with van der Waals surface area (Å²) in [5.74, 6) is 0.738. The van der Waals surface area contributed by atoms with Crippen LogP contribution in [0.4, 0.5) is 0 Å². The van der Waals surface area contributed by atoms with Crippen molar-refractivity contribution in [1.29, 1.82) is 0 Å². The molecule has 0 bridgehead atoms. The lowest BCUT2D eigenvalue weighted by Crippen LogP contribution is -2.43. The van der Waals surface area contributed by atoms with E-state index in [0.717, 1.165) is 32.5 Å². The van der Waals surface area contributed by atoms with Crippen LogP contribution in [0.15, 0.2) is 0 Å². The Hall–Kier alpha value is -0.570. The zero-order valence-electron chi connectivity index (χ0n) is 11.8. The maximum absolute atomic E-state index is 12.6. The van der Waals surface area contributed by atoms with E-state index in [1.165, 1.54) is 38.5 Å². The van der Waals surface area contributed by atoms with Crippen LogP contribution in [0.25, 0.3) is 0 Å². The molecule has 3 nitrogen and oxygen atoms in total. The van der Waals surface area contributed by atoms with Gasteiger partial charge in [0.15, 0.2) is 0 Å². The molecule has 1 heterocycles. The molecule has 1 N–H and O–H groups in total. The summed E-state index contributed by atoms with van der Waals surface area (Å²) in [6.07, 6.45) is 9.86. The van der Waals surface area contributed by atoms with E-state index in [4.69, 9.17) is 0 Å². The maximum atomic E-state index is 12.6. The topological polar surface area (TPSA) is 32.3 Å². The van der Waals surface area contributed by atoms with Crippen LogP contribution >= 0.6 is 0 Å². The fourth-order valence-electron chi connectivity index (χ4n) is 3.34. The highest BCUT2D eigenvalue weighted by Gasteiger charge is 2.26. The standard InChI is InChI=1S/C15H28N2O/c1-2-17(12-14-10-7-11-16-14)15(18)13-8-5-3-4-6-9-13/h13-14,16H,2-12H2,1H3. The van der Waals surface area contributed by atoms with Crippen LogP contribution in [-0.2, 0) is 4.79 Å². The first kappa shape index (κ1) is 13.9. The number of hydrogen-bond acceptors (Lipinski definition) is 2. The van der Waals surface area contributed by atoms with Crippen LogP contribution in [0.2, 0.25) is 0 Å². The summed E-state index contributed by atoms with van der Waals surface area (Å²) in [6.45, 7) is 5.03. The van der Waals surface area contributed by atoms with Gasteiger partial charge >= 0.3 is 0 Å². The smallest absolute Gasteiger partial charge is 0.225 e. The van der Waals surface area contributed by atoms with Gasteiger partial charge in [0.1, 0.15) is 0 Å². The predicted molar refractivity (Wildman–Crippen MR) is 74.5 cm³/mol. The first-order chi connectivity index (χ1) is 8.81. The molecule has 0 aromatic carbocycles. The van der Waals surface area contributed by atoms with Crippen molar-refractivity contribution in [2.45, 2.75) is 64.3 Å². The Morgan fingerprint density at radius 1 is 1.11 bits per heavy atom. The number of hydrogen-bond donors (Lipinski definition) is 1. The van der Waals surface area contributed by atoms with Gasteiger partial charge in [-0.3, -0.25) is 4.79 Å². The summed E-state index contributed by atoms with van der Waals surface area (Å²) in [5.41, 5.74) is 0. The molecule has 104 valence electrons. The van der Waals surface area contributed by atoms with Crippen molar-refractivity contribution in [3.8, 4) is 0 Å². The quantitative estimate of drug-likeness (QED) is 0.780. The Balaban J connectivity index is 1.86. The number of likely N-dealkylation sites (N-methyl/N-ethyl adjacent to an activating group) is 1. The number of nitrogens with one attached hydrogen (secondary N) is 1. The van der Waals surface area contributed by atoms with Crippen LogP contribution in [0, 0.1) is 5.92 Å². The van der Waals surface area contributed by atoms with Gasteiger partial charge in [-0.25, -0.2) is 0 Å². The van der Waals surface area contributed by atoms with Gasteiger partial charge in [0.2, 0.25) is 5.91 Å². The number of carbonyl (C=O) groups excluding carboxylic acids is 1. The van der Waals surface area contributed by atoms with E-state index < -0.39 is 0 Å². The molecule has 1 unspecified atom stereocenters. The molecular formula is C15H28N2O. The van der Waals surface area contributed by atoms with Crippen molar-refractivity contribution >= 4 is 5.91 Å². The van der Waals surface area contributed by atoms with Crippen LogP contribution in [0.1, 0.15) is 58.3 Å². The van der Waals surface area contributed by atoms with Gasteiger partial charge in [-0.1, -0.05) is 25.7 Å². The van der Waals surface area contributed by atoms with Gasteiger partial charge < -0.3 is 10.2 Å². The normalized spacial score (nSPS) is 25.9. The highest BCUT2D eigenvalue weighted by molar-refractivity contribution is 5.78. The predicted octanol–water partition coefficient (Wildman–Crippen LogP) is 2.56. The average Bonchev–Trinajstić information content (AvgIpc) is 2.75. The van der Waals surface area contributed by atoms with Crippen molar-refractivity contribution < 1.29 is 4.79 Å². The van der Waals surface area contributed by atoms with Crippen molar-refractivity contribution in [3.63, 3.8) is 0 Å². The van der Waals surface area contributed by atoms with Gasteiger partial charge in [-0.15, -0.1) is 0 Å². The summed E-state index contributed by atoms with van der Waals surface area (Å²) in [5, 5.41) is 3.50. The summed E-state index contributed by atoms with van der Waals surface area (Å²) in [4.78, 5) is 14.7. The second-order valence-electron chi connectivity index (χ2n) is 5.86. The number of rotatable bonds is 4. The summed E-state index contributed by atoms with van der Waals surface area (Å²) < 4.78 is 0. The molecule has 0 spiro atoms. The number of carbonyl (C=O) groups is 1. The molecule has 1 atom stereocenters. The highest BCUT2D eigenvalue weighted by Crippen LogP contribution is 2.25. The second-order valence-corrected chi connectivity index (χ2v) is 5.86. The monoisotopic (exact) mass is 252 g/mol. The molecule has 0 radical (unpaired) electrons. The minimum Gasteiger partial charge on any atom is -0.341 e. The first-order valence-corrected chi connectivity index (χ1v) is 7.83. The van der Waals surface area contributed by atoms with Crippen molar-refractivity contribution in [2.75, 3.05) is 19.6 Å². The van der Waals surface area contributed by atoms with E-state index in [1.54, 1.807) is 0 Å². The van der Waals surface area contributed by atoms with Crippen molar-refractivity contribution in [1.82, 2.24) is 10.2 Å². The van der Waals surface area contributed by atoms with Crippen molar-refractivity contribution in [2.24, 2.45) is 5.92 Å². The molecule has 1 amide bonds. The Morgan fingerprint density at radius 3 is 2.39 bits per heavy atom. The van der Waals surface area contributed by atoms with Gasteiger partial charge in [0.05, 0.1) is 0 Å². The van der Waals surface area contributed by atoms with E-state index in [0.29, 0.717) is 17.9 Å². The maximum Gasteiger partial charge on any atom is 0.225 e. The average molecular weight is 252 g/mol. The molecule has 1 aliphatic carbocycles. The van der Waals surface area contributed by atoms with E-state index in [-0.39, 0.29) is 0 Å². The lowest BCUT2D eigenvalue weighted by Gasteiger charge is -2.28. The van der Waals surface area contributed by atoms with Crippen LogP contribution in [0.5, 0.6) is 0 Å². The highest BCUT2D eigenvalue weighted by atomic mass is 16.2. The second kappa shape index (κ2) is 7.13. The van der Waals surface area contributed by atoms with E-state index >= 15 is 0 Å². The lowest BCUT2D eigenvalue weighted by atomic mass is 9.98. The Labute approximate surface area is 111 Å². The fourth-order valence-corrected chi connectivity index (χ4v) is 3.34. The minimum absolute atomic E-state index is 0.314. The molecule has 18 heavy (non-hydrogen) atoms. The molecule has 2 rings (SSSR count). The Bertz CT molecular complexity index is 253. The fraction of sp³-hybridized carbons (Fsp3) is 0.933. The minimum atomic E-state index is 0.314. The van der Waals surface area contributed by atoms with E-state index in [9.17, 15) is 4.79 Å². The zero-order valence-corrected chi connectivity index (χ0v) is 11.8. The molecule has 0 aromatic rings. The van der Waals surface area contributed by atoms with Gasteiger partial charge in [0.25, 0.3) is 0 Å². The molecule has 2 fully saturated rings. The number of amides is 1. The molecule has 1 aliphatic heterocycles. The summed E-state index contributed by atoms with van der Waals surface area (Å²) in [6, 6.07) is 0.541. The summed E-state index contributed by atoms with van der Waals surface area (Å²) >= 11 is 0. The molecule has 3 heteroatoms. The third-order valence-corrected chi connectivity index (χ3v) is 4.50. The molecule has 0 aromatic heterocycles. The van der Waals surface area contributed by atoms with Crippen molar-refractivity contribution in [3.05, 3.63) is 0 Å². The molecular weight excluding hydrogens is 224 g/mol. The van der Waals surface area contributed by atoms with Crippen LogP contribution < -0.4 is 5.32 Å². The van der Waals surface area contributed by atoms with E-state index in [1.807, 2.05) is 0 Å². The third-order valence-electron chi connectivity index (χ3n) is 4.50. The largest absolute Gasteiger partial charge is 0.341 e. The van der Waals surface area contributed by atoms with Gasteiger partial charge in [-0.05, 0) is 39.2 Å². The Morgan fingerprint density at radius 2 is 1.83 bits per heavy atom.